The Morgan fingerprint density at radius 3 is 2.61 bits per heavy atom. The Labute approximate surface area is 136 Å². The lowest BCUT2D eigenvalue weighted by Crippen LogP contribution is -2.10. The molecule has 6 heteroatoms. The highest BCUT2D eigenvalue weighted by Gasteiger charge is 2.11. The molecule has 0 amide bonds. The summed E-state index contributed by atoms with van der Waals surface area (Å²) < 4.78 is 5.15. The lowest BCUT2D eigenvalue weighted by molar-refractivity contribution is 0.466. The van der Waals surface area contributed by atoms with Crippen LogP contribution in [0, 0.1) is 0 Å². The second-order valence-corrected chi connectivity index (χ2v) is 5.09. The number of rotatable bonds is 2. The number of hydrogen-bond acceptors (Lipinski definition) is 4. The molecule has 2 aromatic carbocycles. The van der Waals surface area contributed by atoms with Crippen LogP contribution in [0.25, 0.3) is 11.0 Å². The molecule has 0 fully saturated rings. The first-order valence-corrected chi connectivity index (χ1v) is 7.21. The number of thiocarbonyl (C=S) groups is 1. The van der Waals surface area contributed by atoms with Crippen LogP contribution in [0.4, 0.5) is 5.69 Å². The predicted molar refractivity (Wildman–Crippen MR) is 94.4 cm³/mol. The van der Waals surface area contributed by atoms with E-state index in [-0.39, 0.29) is 16.4 Å². The summed E-state index contributed by atoms with van der Waals surface area (Å²) in [5.41, 5.74) is 0.384. The van der Waals surface area contributed by atoms with Crippen LogP contribution in [0.15, 0.2) is 68.8 Å². The first-order valence-electron chi connectivity index (χ1n) is 6.80. The number of nitrogens with zero attached hydrogens (tertiary/aromatic N) is 1. The van der Waals surface area contributed by atoms with E-state index in [2.05, 4.69) is 10.3 Å². The molecule has 0 spiro atoms. The number of hydrogen-bond donors (Lipinski definition) is 2. The first-order chi connectivity index (χ1) is 11.1. The molecule has 3 aromatic rings. The monoisotopic (exact) mass is 324 g/mol. The van der Waals surface area contributed by atoms with E-state index >= 15 is 0 Å². The lowest BCUT2D eigenvalue weighted by Gasteiger charge is -2.04. The van der Waals surface area contributed by atoms with Gasteiger partial charge in [-0.15, -0.1) is 0 Å². The zero-order valence-corrected chi connectivity index (χ0v) is 12.7. The van der Waals surface area contributed by atoms with Gasteiger partial charge in [0.15, 0.2) is 5.11 Å². The van der Waals surface area contributed by atoms with E-state index in [1.807, 2.05) is 30.3 Å². The molecule has 1 aromatic heterocycles. The molecule has 0 radical (unpaired) electrons. The molecule has 0 atom stereocenters. The molecule has 0 saturated heterocycles. The zero-order chi connectivity index (χ0) is 16.2. The van der Waals surface area contributed by atoms with Gasteiger partial charge >= 0.3 is 5.63 Å². The van der Waals surface area contributed by atoms with Gasteiger partial charge in [0, 0.05) is 11.9 Å². The maximum Gasteiger partial charge on any atom is 0.348 e. The second kappa shape index (κ2) is 6.41. The maximum atomic E-state index is 11.9. The molecule has 0 bridgehead atoms. The van der Waals surface area contributed by atoms with Gasteiger partial charge in [-0.3, -0.25) is 0 Å². The minimum absolute atomic E-state index is 0.0408. The summed E-state index contributed by atoms with van der Waals surface area (Å²) in [5.74, 6) is -0.178. The van der Waals surface area contributed by atoms with E-state index in [0.717, 1.165) is 5.69 Å². The van der Waals surface area contributed by atoms with Gasteiger partial charge in [-0.25, -0.2) is 9.79 Å². The van der Waals surface area contributed by atoms with E-state index in [9.17, 15) is 9.90 Å². The number of aromatic hydroxyl groups is 1. The van der Waals surface area contributed by atoms with Crippen molar-refractivity contribution in [2.75, 3.05) is 5.32 Å². The molecule has 0 aliphatic carbocycles. The van der Waals surface area contributed by atoms with Gasteiger partial charge < -0.3 is 14.8 Å². The third-order valence-corrected chi connectivity index (χ3v) is 3.36. The van der Waals surface area contributed by atoms with Crippen LogP contribution >= 0.6 is 12.2 Å². The third-order valence-electron chi connectivity index (χ3n) is 3.16. The highest BCUT2D eigenvalue weighted by molar-refractivity contribution is 7.80. The zero-order valence-electron chi connectivity index (χ0n) is 11.9. The molecular formula is C17H12N2O3S. The van der Waals surface area contributed by atoms with Gasteiger partial charge in [0.2, 0.25) is 0 Å². The molecule has 2 N–H and O–H groups in total. The van der Waals surface area contributed by atoms with Gasteiger partial charge in [0.25, 0.3) is 0 Å². The highest BCUT2D eigenvalue weighted by atomic mass is 32.1. The molecule has 0 saturated carbocycles. The van der Waals surface area contributed by atoms with Crippen LogP contribution in [0.2, 0.25) is 0 Å². The number of benzene rings is 2. The summed E-state index contributed by atoms with van der Waals surface area (Å²) in [7, 11) is 0. The molecule has 1 heterocycles. The lowest BCUT2D eigenvalue weighted by atomic mass is 10.1. The average Bonchev–Trinajstić information content (AvgIpc) is 2.55. The van der Waals surface area contributed by atoms with Crippen LogP contribution in [-0.4, -0.2) is 16.4 Å². The van der Waals surface area contributed by atoms with Crippen LogP contribution < -0.4 is 10.9 Å². The van der Waals surface area contributed by atoms with Crippen molar-refractivity contribution in [3.8, 4) is 5.75 Å². The highest BCUT2D eigenvalue weighted by Crippen LogP contribution is 2.24. The average molecular weight is 324 g/mol. The van der Waals surface area contributed by atoms with Crippen molar-refractivity contribution in [2.24, 2.45) is 4.99 Å². The number of aliphatic imine (C=N–C) groups is 1. The number of nitrogens with one attached hydrogen (secondary N) is 1. The SMILES string of the molecule is O=c1oc2ccccc2c(O)c1C=NC(=S)Nc1ccccc1. The first kappa shape index (κ1) is 14.9. The van der Waals surface area contributed by atoms with E-state index in [1.165, 1.54) is 6.21 Å². The van der Waals surface area contributed by atoms with Gasteiger partial charge in [0.1, 0.15) is 16.9 Å². The van der Waals surface area contributed by atoms with Crippen molar-refractivity contribution in [1.82, 2.24) is 0 Å². The molecule has 0 aliphatic heterocycles. The Morgan fingerprint density at radius 2 is 1.83 bits per heavy atom. The van der Waals surface area contributed by atoms with E-state index < -0.39 is 5.63 Å². The minimum atomic E-state index is -0.674. The standard InChI is InChI=1S/C17H12N2O3S/c20-15-12-8-4-5-9-14(12)22-16(21)13(15)10-18-17(23)19-11-6-2-1-3-7-11/h1-10,20H,(H,19,23). The third kappa shape index (κ3) is 3.27. The summed E-state index contributed by atoms with van der Waals surface area (Å²) in [4.78, 5) is 15.9. The fourth-order valence-electron chi connectivity index (χ4n) is 2.06. The molecular weight excluding hydrogens is 312 g/mol. The molecule has 0 unspecified atom stereocenters. The quantitative estimate of drug-likeness (QED) is 0.430. The van der Waals surface area contributed by atoms with Crippen LogP contribution in [-0.2, 0) is 0 Å². The van der Waals surface area contributed by atoms with Crippen molar-refractivity contribution in [2.45, 2.75) is 0 Å². The predicted octanol–water partition coefficient (Wildman–Crippen LogP) is 3.31. The van der Waals surface area contributed by atoms with Gasteiger partial charge in [-0.1, -0.05) is 30.3 Å². The second-order valence-electron chi connectivity index (χ2n) is 4.70. The molecule has 114 valence electrons. The number of fused-ring (bicyclic) bond motifs is 1. The topological polar surface area (TPSA) is 74.8 Å². The summed E-state index contributed by atoms with van der Waals surface area (Å²) >= 11 is 5.09. The smallest absolute Gasteiger partial charge is 0.348 e. The Balaban J connectivity index is 1.89. The summed E-state index contributed by atoms with van der Waals surface area (Å²) in [6.45, 7) is 0. The Kier molecular flexibility index (Phi) is 4.16. The summed E-state index contributed by atoms with van der Waals surface area (Å²) in [6, 6.07) is 16.0. The fourth-order valence-corrected chi connectivity index (χ4v) is 2.23. The van der Waals surface area contributed by atoms with Crippen molar-refractivity contribution in [1.29, 1.82) is 0 Å². The van der Waals surface area contributed by atoms with Gasteiger partial charge in [-0.2, -0.15) is 0 Å². The van der Waals surface area contributed by atoms with Crippen LogP contribution in [0.1, 0.15) is 5.56 Å². The molecule has 5 nitrogen and oxygen atoms in total. The Morgan fingerprint density at radius 1 is 1.13 bits per heavy atom. The normalized spacial score (nSPS) is 11.0. The largest absolute Gasteiger partial charge is 0.506 e. The van der Waals surface area contributed by atoms with Crippen molar-refractivity contribution < 1.29 is 9.52 Å². The summed E-state index contributed by atoms with van der Waals surface area (Å²) in [5, 5.41) is 13.7. The fraction of sp³-hybridized carbons (Fsp3) is 0. The molecule has 0 aliphatic rings. The Bertz CT molecular complexity index is 949. The number of anilines is 1. The van der Waals surface area contributed by atoms with Crippen LogP contribution in [0.5, 0.6) is 5.75 Å². The van der Waals surface area contributed by atoms with E-state index in [1.54, 1.807) is 24.3 Å². The number of para-hydroxylation sites is 2. The molecule has 3 rings (SSSR count). The van der Waals surface area contributed by atoms with Crippen molar-refractivity contribution >= 4 is 40.2 Å². The van der Waals surface area contributed by atoms with Crippen molar-refractivity contribution in [3.63, 3.8) is 0 Å². The van der Waals surface area contributed by atoms with Gasteiger partial charge in [-0.05, 0) is 36.5 Å². The summed E-state index contributed by atoms with van der Waals surface area (Å²) in [6.07, 6.45) is 1.20. The van der Waals surface area contributed by atoms with Crippen LogP contribution in [0.3, 0.4) is 0 Å². The molecule has 23 heavy (non-hydrogen) atoms. The van der Waals surface area contributed by atoms with Crippen molar-refractivity contribution in [3.05, 3.63) is 70.6 Å². The minimum Gasteiger partial charge on any atom is -0.506 e. The maximum absolute atomic E-state index is 11.9. The van der Waals surface area contributed by atoms with E-state index in [4.69, 9.17) is 16.6 Å². The van der Waals surface area contributed by atoms with E-state index in [0.29, 0.717) is 11.0 Å². The Hall–Kier alpha value is -2.99. The van der Waals surface area contributed by atoms with Gasteiger partial charge in [0.05, 0.1) is 5.39 Å².